The van der Waals surface area contributed by atoms with Crippen LogP contribution in [0.15, 0.2) is 24.3 Å². The SMILES string of the molecule is CN1C[C@@H]2CN(c3cccc(Nc4cc(C5CC5)[nH]n4)n3)C[C@@H]2C1. The number of nitrogens with one attached hydrogen (secondary N) is 2. The normalized spacial score (nSPS) is 26.8. The van der Waals surface area contributed by atoms with Crippen molar-refractivity contribution < 1.29 is 0 Å². The summed E-state index contributed by atoms with van der Waals surface area (Å²) in [6.07, 6.45) is 2.56. The van der Waals surface area contributed by atoms with E-state index >= 15 is 0 Å². The van der Waals surface area contributed by atoms with E-state index in [9.17, 15) is 0 Å². The molecule has 4 heterocycles. The minimum Gasteiger partial charge on any atom is -0.356 e. The van der Waals surface area contributed by atoms with Crippen LogP contribution in [0.2, 0.25) is 0 Å². The van der Waals surface area contributed by atoms with E-state index in [2.05, 4.69) is 50.6 Å². The lowest BCUT2D eigenvalue weighted by atomic mass is 10.0. The van der Waals surface area contributed by atoms with Gasteiger partial charge in [0, 0.05) is 43.9 Å². The Kier molecular flexibility index (Phi) is 3.26. The summed E-state index contributed by atoms with van der Waals surface area (Å²) in [6.45, 7) is 4.69. The Bertz CT molecular complexity index is 723. The number of H-pyrrole nitrogens is 1. The van der Waals surface area contributed by atoms with E-state index < -0.39 is 0 Å². The number of likely N-dealkylation sites (tertiary alicyclic amines) is 1. The maximum atomic E-state index is 4.81. The highest BCUT2D eigenvalue weighted by Gasteiger charge is 2.39. The summed E-state index contributed by atoms with van der Waals surface area (Å²) in [4.78, 5) is 9.70. The Morgan fingerprint density at radius 3 is 2.62 bits per heavy atom. The van der Waals surface area contributed by atoms with Crippen LogP contribution in [0.5, 0.6) is 0 Å². The molecule has 0 unspecified atom stereocenters. The maximum absolute atomic E-state index is 4.81. The Morgan fingerprint density at radius 1 is 1.08 bits per heavy atom. The monoisotopic (exact) mass is 324 g/mol. The highest BCUT2D eigenvalue weighted by Crippen LogP contribution is 2.39. The first-order chi connectivity index (χ1) is 11.7. The largest absolute Gasteiger partial charge is 0.356 e. The third kappa shape index (κ3) is 2.65. The van der Waals surface area contributed by atoms with Crippen LogP contribution in [0.4, 0.5) is 17.5 Å². The van der Waals surface area contributed by atoms with Gasteiger partial charge >= 0.3 is 0 Å². The smallest absolute Gasteiger partial charge is 0.153 e. The van der Waals surface area contributed by atoms with Crippen molar-refractivity contribution in [2.45, 2.75) is 18.8 Å². The van der Waals surface area contributed by atoms with Gasteiger partial charge in [0.15, 0.2) is 5.82 Å². The molecule has 0 amide bonds. The highest BCUT2D eigenvalue weighted by molar-refractivity contribution is 5.56. The molecule has 2 aromatic heterocycles. The number of hydrogen-bond donors (Lipinski definition) is 2. The summed E-state index contributed by atoms with van der Waals surface area (Å²) >= 11 is 0. The molecule has 6 heteroatoms. The molecule has 3 aliphatic rings. The second kappa shape index (κ2) is 5.48. The third-order valence-electron chi connectivity index (χ3n) is 5.60. The first-order valence-electron chi connectivity index (χ1n) is 8.97. The number of aromatic nitrogens is 3. The van der Waals surface area contributed by atoms with Gasteiger partial charge in [0.1, 0.15) is 11.6 Å². The molecule has 1 aliphatic carbocycles. The molecule has 0 spiro atoms. The molecule has 2 aliphatic heterocycles. The van der Waals surface area contributed by atoms with Crippen molar-refractivity contribution >= 4 is 17.5 Å². The van der Waals surface area contributed by atoms with E-state index in [4.69, 9.17) is 4.98 Å². The fourth-order valence-corrected chi connectivity index (χ4v) is 4.22. The van der Waals surface area contributed by atoms with Crippen LogP contribution in [0.3, 0.4) is 0 Å². The summed E-state index contributed by atoms with van der Waals surface area (Å²) in [7, 11) is 2.23. The first-order valence-corrected chi connectivity index (χ1v) is 8.97. The summed E-state index contributed by atoms with van der Waals surface area (Å²) in [6, 6.07) is 8.33. The van der Waals surface area contributed by atoms with Gasteiger partial charge in [0.2, 0.25) is 0 Å². The summed E-state index contributed by atoms with van der Waals surface area (Å²) in [5, 5.41) is 10.8. The van der Waals surface area contributed by atoms with Gasteiger partial charge in [0.25, 0.3) is 0 Å². The standard InChI is InChI=1S/C18H24N6/c1-23-8-13-10-24(11-14(13)9-23)18-4-2-3-16(20-18)19-17-7-15(21-22-17)12-5-6-12/h2-4,7,12-14H,5-6,8-11H2,1H3,(H2,19,20,21,22)/t13-,14+. The number of fused-ring (bicyclic) bond motifs is 1. The first kappa shape index (κ1) is 14.3. The van der Waals surface area contributed by atoms with Crippen molar-refractivity contribution in [3.8, 4) is 0 Å². The number of aromatic amines is 1. The molecular weight excluding hydrogens is 300 g/mol. The van der Waals surface area contributed by atoms with Gasteiger partial charge in [-0.1, -0.05) is 6.07 Å². The van der Waals surface area contributed by atoms with E-state index in [-0.39, 0.29) is 0 Å². The van der Waals surface area contributed by atoms with E-state index in [0.29, 0.717) is 5.92 Å². The van der Waals surface area contributed by atoms with E-state index in [1.54, 1.807) is 0 Å². The molecule has 2 saturated heterocycles. The highest BCUT2D eigenvalue weighted by atomic mass is 15.3. The topological polar surface area (TPSA) is 60.1 Å². The molecule has 2 N–H and O–H groups in total. The number of pyridine rings is 1. The Balaban J connectivity index is 1.29. The lowest BCUT2D eigenvalue weighted by Crippen LogP contribution is -2.27. The van der Waals surface area contributed by atoms with Gasteiger partial charge in [-0.25, -0.2) is 4.98 Å². The zero-order chi connectivity index (χ0) is 16.1. The number of hydrogen-bond acceptors (Lipinski definition) is 5. The predicted molar refractivity (Wildman–Crippen MR) is 94.8 cm³/mol. The second-order valence-electron chi connectivity index (χ2n) is 7.64. The molecule has 1 saturated carbocycles. The molecule has 24 heavy (non-hydrogen) atoms. The molecule has 0 radical (unpaired) electrons. The average Bonchev–Trinajstić information content (AvgIpc) is 3.03. The predicted octanol–water partition coefficient (Wildman–Crippen LogP) is 2.42. The second-order valence-corrected chi connectivity index (χ2v) is 7.64. The number of nitrogens with zero attached hydrogens (tertiary/aromatic N) is 4. The zero-order valence-corrected chi connectivity index (χ0v) is 14.1. The minimum absolute atomic E-state index is 0.689. The number of rotatable bonds is 4. The van der Waals surface area contributed by atoms with Gasteiger partial charge in [0.05, 0.1) is 0 Å². The maximum Gasteiger partial charge on any atom is 0.153 e. The van der Waals surface area contributed by atoms with Gasteiger partial charge in [-0.2, -0.15) is 5.10 Å². The van der Waals surface area contributed by atoms with Crippen LogP contribution >= 0.6 is 0 Å². The fourth-order valence-electron chi connectivity index (χ4n) is 4.22. The van der Waals surface area contributed by atoms with Crippen molar-refractivity contribution in [2.75, 3.05) is 43.4 Å². The Hall–Kier alpha value is -2.08. The molecule has 3 fully saturated rings. The molecule has 126 valence electrons. The molecule has 0 aromatic carbocycles. The Morgan fingerprint density at radius 2 is 1.88 bits per heavy atom. The zero-order valence-electron chi connectivity index (χ0n) is 14.1. The van der Waals surface area contributed by atoms with Crippen LogP contribution in [0.25, 0.3) is 0 Å². The molecule has 2 atom stereocenters. The lowest BCUT2D eigenvalue weighted by molar-refractivity contribution is 0.387. The van der Waals surface area contributed by atoms with Crippen LogP contribution in [-0.2, 0) is 0 Å². The minimum atomic E-state index is 0.689. The molecule has 0 bridgehead atoms. The van der Waals surface area contributed by atoms with E-state index in [1.807, 2.05) is 6.07 Å². The number of anilines is 3. The van der Waals surface area contributed by atoms with Crippen LogP contribution in [-0.4, -0.2) is 53.3 Å². The van der Waals surface area contributed by atoms with Crippen molar-refractivity contribution in [3.05, 3.63) is 30.0 Å². The van der Waals surface area contributed by atoms with Crippen LogP contribution in [0, 0.1) is 11.8 Å². The van der Waals surface area contributed by atoms with Gasteiger partial charge in [-0.05, 0) is 43.9 Å². The third-order valence-corrected chi connectivity index (χ3v) is 5.60. The van der Waals surface area contributed by atoms with Crippen molar-refractivity contribution in [1.82, 2.24) is 20.1 Å². The quantitative estimate of drug-likeness (QED) is 0.904. The fraction of sp³-hybridized carbons (Fsp3) is 0.556. The van der Waals surface area contributed by atoms with E-state index in [0.717, 1.165) is 42.4 Å². The van der Waals surface area contributed by atoms with Crippen LogP contribution < -0.4 is 10.2 Å². The van der Waals surface area contributed by atoms with Crippen molar-refractivity contribution in [1.29, 1.82) is 0 Å². The molecule has 6 nitrogen and oxygen atoms in total. The molecule has 2 aromatic rings. The van der Waals surface area contributed by atoms with Gasteiger partial charge in [-0.3, -0.25) is 5.10 Å². The summed E-state index contributed by atoms with van der Waals surface area (Å²) in [5.41, 5.74) is 1.24. The van der Waals surface area contributed by atoms with Crippen molar-refractivity contribution in [2.24, 2.45) is 11.8 Å². The summed E-state index contributed by atoms with van der Waals surface area (Å²) < 4.78 is 0. The van der Waals surface area contributed by atoms with Crippen LogP contribution in [0.1, 0.15) is 24.5 Å². The van der Waals surface area contributed by atoms with E-state index in [1.165, 1.54) is 31.6 Å². The van der Waals surface area contributed by atoms with Crippen molar-refractivity contribution in [3.63, 3.8) is 0 Å². The Labute approximate surface area is 142 Å². The average molecular weight is 324 g/mol. The molecule has 5 rings (SSSR count). The van der Waals surface area contributed by atoms with Gasteiger partial charge < -0.3 is 15.1 Å². The molecular formula is C18H24N6. The summed E-state index contributed by atoms with van der Waals surface area (Å²) in [5.74, 6) is 5.09. The van der Waals surface area contributed by atoms with Gasteiger partial charge in [-0.15, -0.1) is 0 Å². The lowest BCUT2D eigenvalue weighted by Gasteiger charge is -2.20.